The van der Waals surface area contributed by atoms with Crippen LogP contribution < -0.4 is 0 Å². The van der Waals surface area contributed by atoms with E-state index in [9.17, 15) is 13.2 Å². The zero-order chi connectivity index (χ0) is 20.6. The summed E-state index contributed by atoms with van der Waals surface area (Å²) in [5.74, 6) is 1.03. The number of aromatic nitrogens is 4. The Morgan fingerprint density at radius 2 is 1.86 bits per heavy atom. The van der Waals surface area contributed by atoms with Gasteiger partial charge in [0.2, 0.25) is 0 Å². The van der Waals surface area contributed by atoms with Crippen molar-refractivity contribution in [3.05, 3.63) is 65.7 Å². The number of alkyl halides is 3. The molecule has 0 saturated heterocycles. The van der Waals surface area contributed by atoms with E-state index < -0.39 is 11.7 Å². The maximum atomic E-state index is 12.7. The van der Waals surface area contributed by atoms with Gasteiger partial charge in [0.15, 0.2) is 5.82 Å². The number of nitrogens with zero attached hydrogens (tertiary/aromatic N) is 4. The van der Waals surface area contributed by atoms with Crippen molar-refractivity contribution >= 4 is 11.0 Å². The highest BCUT2D eigenvalue weighted by Gasteiger charge is 2.30. The number of fused-ring (bicyclic) bond motifs is 1. The van der Waals surface area contributed by atoms with Crippen molar-refractivity contribution in [2.45, 2.75) is 38.9 Å². The average molecular weight is 400 g/mol. The fourth-order valence-corrected chi connectivity index (χ4v) is 3.31. The third kappa shape index (κ3) is 3.87. The van der Waals surface area contributed by atoms with Crippen molar-refractivity contribution in [1.29, 1.82) is 0 Å². The molecule has 8 heteroatoms. The van der Waals surface area contributed by atoms with E-state index in [0.717, 1.165) is 23.2 Å². The SMILES string of the molecule is CC(C)c1cc2cccnc2n1CCc1noc(-c2ccc(C(F)(F)F)cc2)n1. The number of pyridine rings is 1. The lowest BCUT2D eigenvalue weighted by molar-refractivity contribution is -0.137. The summed E-state index contributed by atoms with van der Waals surface area (Å²) in [4.78, 5) is 8.82. The van der Waals surface area contributed by atoms with Crippen LogP contribution in [0.5, 0.6) is 0 Å². The molecule has 0 radical (unpaired) electrons. The van der Waals surface area contributed by atoms with Gasteiger partial charge < -0.3 is 9.09 Å². The molecular formula is C21H19F3N4O. The predicted octanol–water partition coefficient (Wildman–Crippen LogP) is 5.47. The smallest absolute Gasteiger partial charge is 0.334 e. The first-order chi connectivity index (χ1) is 13.8. The highest BCUT2D eigenvalue weighted by molar-refractivity contribution is 5.77. The molecular weight excluding hydrogens is 381 g/mol. The lowest BCUT2D eigenvalue weighted by Gasteiger charge is -2.11. The summed E-state index contributed by atoms with van der Waals surface area (Å²) in [5, 5.41) is 5.05. The van der Waals surface area contributed by atoms with Gasteiger partial charge in [0, 0.05) is 35.8 Å². The number of aryl methyl sites for hydroxylation is 2. The molecule has 0 bridgehead atoms. The maximum Gasteiger partial charge on any atom is 0.416 e. The molecule has 0 aliphatic heterocycles. The first-order valence-corrected chi connectivity index (χ1v) is 9.27. The van der Waals surface area contributed by atoms with Crippen molar-refractivity contribution in [1.82, 2.24) is 19.7 Å². The van der Waals surface area contributed by atoms with Gasteiger partial charge >= 0.3 is 6.18 Å². The molecule has 0 saturated carbocycles. The van der Waals surface area contributed by atoms with Crippen molar-refractivity contribution < 1.29 is 17.7 Å². The second-order valence-corrected chi connectivity index (χ2v) is 7.13. The molecule has 0 spiro atoms. The Balaban J connectivity index is 1.53. The van der Waals surface area contributed by atoms with E-state index in [0.29, 0.717) is 30.3 Å². The molecule has 4 rings (SSSR count). The normalized spacial score (nSPS) is 12.2. The summed E-state index contributed by atoms with van der Waals surface area (Å²) in [7, 11) is 0. The minimum atomic E-state index is -4.37. The molecule has 1 aromatic carbocycles. The largest absolute Gasteiger partial charge is 0.416 e. The fourth-order valence-electron chi connectivity index (χ4n) is 3.31. The number of halogens is 3. The van der Waals surface area contributed by atoms with Gasteiger partial charge in [-0.1, -0.05) is 19.0 Å². The second-order valence-electron chi connectivity index (χ2n) is 7.13. The zero-order valence-corrected chi connectivity index (χ0v) is 15.9. The van der Waals surface area contributed by atoms with Crippen LogP contribution in [0.2, 0.25) is 0 Å². The Hall–Kier alpha value is -3.16. The summed E-state index contributed by atoms with van der Waals surface area (Å²) >= 11 is 0. The van der Waals surface area contributed by atoms with E-state index in [1.807, 2.05) is 12.1 Å². The van der Waals surface area contributed by atoms with Gasteiger partial charge in [-0.15, -0.1) is 0 Å². The van der Waals surface area contributed by atoms with Gasteiger partial charge in [-0.2, -0.15) is 18.2 Å². The van der Waals surface area contributed by atoms with Crippen LogP contribution in [0.1, 0.15) is 36.8 Å². The Kier molecular flexibility index (Phi) is 4.86. The van der Waals surface area contributed by atoms with Crippen molar-refractivity contribution in [2.24, 2.45) is 0 Å². The average Bonchev–Trinajstić information content (AvgIpc) is 3.30. The molecule has 0 atom stereocenters. The Labute approximate surface area is 165 Å². The molecule has 0 aliphatic carbocycles. The van der Waals surface area contributed by atoms with Gasteiger partial charge in [-0.3, -0.25) is 0 Å². The number of hydrogen-bond donors (Lipinski definition) is 0. The van der Waals surface area contributed by atoms with Crippen LogP contribution in [0.15, 0.2) is 53.2 Å². The monoisotopic (exact) mass is 400 g/mol. The lowest BCUT2D eigenvalue weighted by Crippen LogP contribution is -2.08. The zero-order valence-electron chi connectivity index (χ0n) is 15.9. The Morgan fingerprint density at radius 3 is 2.55 bits per heavy atom. The molecule has 3 heterocycles. The third-order valence-corrected chi connectivity index (χ3v) is 4.77. The van der Waals surface area contributed by atoms with Crippen molar-refractivity contribution in [3.8, 4) is 11.5 Å². The minimum absolute atomic E-state index is 0.202. The van der Waals surface area contributed by atoms with E-state index in [1.54, 1.807) is 6.20 Å². The van der Waals surface area contributed by atoms with Crippen LogP contribution in [0.3, 0.4) is 0 Å². The quantitative estimate of drug-likeness (QED) is 0.446. The highest BCUT2D eigenvalue weighted by Crippen LogP contribution is 2.30. The van der Waals surface area contributed by atoms with Gasteiger partial charge in [0.25, 0.3) is 5.89 Å². The summed E-state index contributed by atoms with van der Waals surface area (Å²) in [6.45, 7) is 4.88. The van der Waals surface area contributed by atoms with Gasteiger partial charge in [-0.05, 0) is 48.4 Å². The van der Waals surface area contributed by atoms with Crippen LogP contribution >= 0.6 is 0 Å². The summed E-state index contributed by atoms with van der Waals surface area (Å²) in [6.07, 6.45) is -2.09. The molecule has 5 nitrogen and oxygen atoms in total. The number of hydrogen-bond acceptors (Lipinski definition) is 4. The van der Waals surface area contributed by atoms with E-state index >= 15 is 0 Å². The fraction of sp³-hybridized carbons (Fsp3) is 0.286. The van der Waals surface area contributed by atoms with Crippen LogP contribution in [0.25, 0.3) is 22.5 Å². The topological polar surface area (TPSA) is 56.7 Å². The summed E-state index contributed by atoms with van der Waals surface area (Å²) in [5.41, 5.74) is 1.81. The van der Waals surface area contributed by atoms with Gasteiger partial charge in [0.05, 0.1) is 5.56 Å². The molecule has 0 unspecified atom stereocenters. The molecule has 0 fully saturated rings. The first-order valence-electron chi connectivity index (χ1n) is 9.27. The maximum absolute atomic E-state index is 12.7. The highest BCUT2D eigenvalue weighted by atomic mass is 19.4. The van der Waals surface area contributed by atoms with Crippen LogP contribution in [-0.2, 0) is 19.1 Å². The minimum Gasteiger partial charge on any atom is -0.334 e. The molecule has 4 aromatic rings. The number of benzene rings is 1. The molecule has 150 valence electrons. The third-order valence-electron chi connectivity index (χ3n) is 4.77. The molecule has 0 amide bonds. The van der Waals surface area contributed by atoms with Gasteiger partial charge in [-0.25, -0.2) is 4.98 Å². The standard InChI is InChI=1S/C21H19F3N4O/c1-13(2)17-12-15-4-3-10-25-19(15)28(17)11-9-18-26-20(29-27-18)14-5-7-16(8-6-14)21(22,23)24/h3-8,10,12-13H,9,11H2,1-2H3. The van der Waals surface area contributed by atoms with Crippen molar-refractivity contribution in [2.75, 3.05) is 0 Å². The van der Waals surface area contributed by atoms with Crippen LogP contribution in [0.4, 0.5) is 13.2 Å². The Morgan fingerprint density at radius 1 is 1.10 bits per heavy atom. The second kappa shape index (κ2) is 7.35. The predicted molar refractivity (Wildman–Crippen MR) is 102 cm³/mol. The Bertz CT molecular complexity index is 1130. The van der Waals surface area contributed by atoms with E-state index in [1.165, 1.54) is 17.8 Å². The molecule has 0 aliphatic rings. The molecule has 0 N–H and O–H groups in total. The summed E-state index contributed by atoms with van der Waals surface area (Å²) in [6, 6.07) is 10.8. The molecule has 3 aromatic heterocycles. The van der Waals surface area contributed by atoms with E-state index in [4.69, 9.17) is 4.52 Å². The first kappa shape index (κ1) is 19.2. The van der Waals surface area contributed by atoms with Crippen LogP contribution in [0, 0.1) is 0 Å². The van der Waals surface area contributed by atoms with Crippen molar-refractivity contribution in [3.63, 3.8) is 0 Å². The van der Waals surface area contributed by atoms with E-state index in [-0.39, 0.29) is 5.89 Å². The van der Waals surface area contributed by atoms with Crippen LogP contribution in [-0.4, -0.2) is 19.7 Å². The molecule has 29 heavy (non-hydrogen) atoms. The van der Waals surface area contributed by atoms with E-state index in [2.05, 4.69) is 39.6 Å². The lowest BCUT2D eigenvalue weighted by atomic mass is 10.1. The summed E-state index contributed by atoms with van der Waals surface area (Å²) < 4.78 is 45.5. The number of rotatable bonds is 5. The van der Waals surface area contributed by atoms with Gasteiger partial charge in [0.1, 0.15) is 5.65 Å².